The van der Waals surface area contributed by atoms with Crippen molar-refractivity contribution in [1.29, 1.82) is 0 Å². The highest BCUT2D eigenvalue weighted by Crippen LogP contribution is 2.18. The van der Waals surface area contributed by atoms with Crippen LogP contribution in [0.4, 0.5) is 10.1 Å². The lowest BCUT2D eigenvalue weighted by Gasteiger charge is -2.20. The van der Waals surface area contributed by atoms with Crippen molar-refractivity contribution in [3.8, 4) is 0 Å². The smallest absolute Gasteiger partial charge is 0.310 e. The van der Waals surface area contributed by atoms with Crippen molar-refractivity contribution in [3.63, 3.8) is 0 Å². The number of carboxylic acids is 1. The molecular formula is C12H16FNO2. The third-order valence-corrected chi connectivity index (χ3v) is 2.47. The normalized spacial score (nSPS) is 11.2. The Balaban J connectivity index is 2.68. The first-order valence-corrected chi connectivity index (χ1v) is 5.06. The van der Waals surface area contributed by atoms with Crippen LogP contribution in [0.5, 0.6) is 0 Å². The number of nitrogens with one attached hydrogen (secondary N) is 1. The Morgan fingerprint density at radius 3 is 2.62 bits per heavy atom. The van der Waals surface area contributed by atoms with E-state index in [2.05, 4.69) is 5.32 Å². The molecule has 0 bridgehead atoms. The molecule has 0 amide bonds. The van der Waals surface area contributed by atoms with E-state index in [9.17, 15) is 9.18 Å². The van der Waals surface area contributed by atoms with Gasteiger partial charge in [-0.15, -0.1) is 0 Å². The van der Waals surface area contributed by atoms with Gasteiger partial charge in [-0.25, -0.2) is 4.39 Å². The Morgan fingerprint density at radius 1 is 1.50 bits per heavy atom. The average Bonchev–Trinajstić information content (AvgIpc) is 2.20. The zero-order valence-electron chi connectivity index (χ0n) is 9.67. The fraction of sp³-hybridized carbons (Fsp3) is 0.417. The van der Waals surface area contributed by atoms with Gasteiger partial charge in [0.2, 0.25) is 0 Å². The van der Waals surface area contributed by atoms with Crippen LogP contribution in [0.1, 0.15) is 19.4 Å². The highest BCUT2D eigenvalue weighted by Gasteiger charge is 2.26. The van der Waals surface area contributed by atoms with Crippen LogP contribution in [0.3, 0.4) is 0 Å². The highest BCUT2D eigenvalue weighted by atomic mass is 19.1. The van der Waals surface area contributed by atoms with Gasteiger partial charge >= 0.3 is 5.97 Å². The topological polar surface area (TPSA) is 49.3 Å². The molecule has 0 aliphatic rings. The molecule has 0 aromatic heterocycles. The summed E-state index contributed by atoms with van der Waals surface area (Å²) < 4.78 is 13.0. The van der Waals surface area contributed by atoms with E-state index in [-0.39, 0.29) is 5.82 Å². The maximum absolute atomic E-state index is 13.0. The van der Waals surface area contributed by atoms with Crippen molar-refractivity contribution in [2.24, 2.45) is 5.41 Å². The van der Waals surface area contributed by atoms with Gasteiger partial charge in [0, 0.05) is 12.2 Å². The number of aliphatic carboxylic acids is 1. The zero-order valence-corrected chi connectivity index (χ0v) is 9.67. The third-order valence-electron chi connectivity index (χ3n) is 2.47. The van der Waals surface area contributed by atoms with E-state index in [4.69, 9.17) is 5.11 Å². The van der Waals surface area contributed by atoms with Crippen molar-refractivity contribution in [3.05, 3.63) is 29.6 Å². The molecule has 0 atom stereocenters. The molecule has 0 saturated carbocycles. The predicted molar refractivity (Wildman–Crippen MR) is 61.0 cm³/mol. The third kappa shape index (κ3) is 2.95. The number of hydrogen-bond donors (Lipinski definition) is 2. The summed E-state index contributed by atoms with van der Waals surface area (Å²) in [6.45, 7) is 5.24. The minimum Gasteiger partial charge on any atom is -0.481 e. The lowest BCUT2D eigenvalue weighted by atomic mass is 9.94. The Hall–Kier alpha value is -1.58. The van der Waals surface area contributed by atoms with Crippen LogP contribution in [0.15, 0.2) is 18.2 Å². The van der Waals surface area contributed by atoms with Crippen LogP contribution < -0.4 is 5.32 Å². The van der Waals surface area contributed by atoms with Crippen LogP contribution in [-0.2, 0) is 4.79 Å². The van der Waals surface area contributed by atoms with Gasteiger partial charge in [0.05, 0.1) is 5.41 Å². The zero-order chi connectivity index (χ0) is 12.3. The van der Waals surface area contributed by atoms with Crippen molar-refractivity contribution in [2.75, 3.05) is 11.9 Å². The van der Waals surface area contributed by atoms with Gasteiger partial charge < -0.3 is 10.4 Å². The van der Waals surface area contributed by atoms with Crippen molar-refractivity contribution >= 4 is 11.7 Å². The average molecular weight is 225 g/mol. The van der Waals surface area contributed by atoms with Crippen LogP contribution in [0.2, 0.25) is 0 Å². The molecule has 1 rings (SSSR count). The van der Waals surface area contributed by atoms with Gasteiger partial charge in [-0.1, -0.05) is 0 Å². The quantitative estimate of drug-likeness (QED) is 0.828. The molecule has 16 heavy (non-hydrogen) atoms. The molecule has 2 N–H and O–H groups in total. The van der Waals surface area contributed by atoms with Crippen LogP contribution in [-0.4, -0.2) is 17.6 Å². The molecule has 0 aliphatic heterocycles. The fourth-order valence-electron chi connectivity index (χ4n) is 1.15. The number of carboxylic acid groups (broad SMARTS) is 1. The number of halogens is 1. The molecule has 0 spiro atoms. The Bertz CT molecular complexity index is 402. The second kappa shape index (κ2) is 4.51. The number of hydrogen-bond acceptors (Lipinski definition) is 2. The number of aryl methyl sites for hydroxylation is 1. The van der Waals surface area contributed by atoms with Crippen LogP contribution in [0, 0.1) is 18.2 Å². The second-order valence-corrected chi connectivity index (χ2v) is 4.51. The van der Waals surface area contributed by atoms with E-state index in [1.165, 1.54) is 6.07 Å². The summed E-state index contributed by atoms with van der Waals surface area (Å²) in [5, 5.41) is 11.9. The maximum Gasteiger partial charge on any atom is 0.310 e. The number of carbonyl (C=O) groups is 1. The molecule has 1 aromatic carbocycles. The van der Waals surface area contributed by atoms with Gasteiger partial charge in [0.25, 0.3) is 0 Å². The minimum absolute atomic E-state index is 0.261. The molecule has 3 nitrogen and oxygen atoms in total. The summed E-state index contributed by atoms with van der Waals surface area (Å²) in [7, 11) is 0. The molecular weight excluding hydrogens is 209 g/mol. The Labute approximate surface area is 94.3 Å². The summed E-state index contributed by atoms with van der Waals surface area (Å²) >= 11 is 0. The number of rotatable bonds is 4. The van der Waals surface area contributed by atoms with Crippen molar-refractivity contribution in [1.82, 2.24) is 0 Å². The summed E-state index contributed by atoms with van der Waals surface area (Å²) in [5.41, 5.74) is 0.425. The van der Waals surface area contributed by atoms with Gasteiger partial charge in [-0.3, -0.25) is 4.79 Å². The fourth-order valence-corrected chi connectivity index (χ4v) is 1.15. The number of benzene rings is 1. The first-order chi connectivity index (χ1) is 7.33. The molecule has 0 unspecified atom stereocenters. The molecule has 0 saturated heterocycles. The number of anilines is 1. The highest BCUT2D eigenvalue weighted by molar-refractivity contribution is 5.74. The predicted octanol–water partition coefficient (Wildman–Crippen LogP) is 2.66. The minimum atomic E-state index is -0.862. The lowest BCUT2D eigenvalue weighted by molar-refractivity contribution is -0.146. The second-order valence-electron chi connectivity index (χ2n) is 4.51. The van der Waals surface area contributed by atoms with Gasteiger partial charge in [-0.2, -0.15) is 0 Å². The largest absolute Gasteiger partial charge is 0.481 e. The monoisotopic (exact) mass is 225 g/mol. The van der Waals surface area contributed by atoms with E-state index >= 15 is 0 Å². The molecule has 0 radical (unpaired) electrons. The van der Waals surface area contributed by atoms with Gasteiger partial charge in [-0.05, 0) is 44.5 Å². The Morgan fingerprint density at radius 2 is 2.12 bits per heavy atom. The molecule has 1 aromatic rings. The SMILES string of the molecule is Cc1cc(NCC(C)(C)C(=O)O)ccc1F. The van der Waals surface area contributed by atoms with E-state index in [0.29, 0.717) is 12.1 Å². The van der Waals surface area contributed by atoms with Crippen molar-refractivity contribution < 1.29 is 14.3 Å². The molecule has 0 heterocycles. The molecule has 88 valence electrons. The van der Waals surface area contributed by atoms with Crippen LogP contribution in [0.25, 0.3) is 0 Å². The summed E-state index contributed by atoms with van der Waals surface area (Å²) in [6, 6.07) is 4.62. The van der Waals surface area contributed by atoms with Crippen LogP contribution >= 0.6 is 0 Å². The van der Waals surface area contributed by atoms with Gasteiger partial charge in [0.15, 0.2) is 0 Å². The first-order valence-electron chi connectivity index (χ1n) is 5.06. The summed E-state index contributed by atoms with van der Waals surface area (Å²) in [4.78, 5) is 10.9. The molecule has 0 fully saturated rings. The van der Waals surface area contributed by atoms with E-state index in [0.717, 1.165) is 5.69 Å². The standard InChI is InChI=1S/C12H16FNO2/c1-8-6-9(4-5-10(8)13)14-7-12(2,3)11(15)16/h4-6,14H,7H2,1-3H3,(H,15,16). The van der Waals surface area contributed by atoms with Gasteiger partial charge in [0.1, 0.15) is 5.82 Å². The Kier molecular flexibility index (Phi) is 3.52. The first kappa shape index (κ1) is 12.5. The van der Waals surface area contributed by atoms with Crippen molar-refractivity contribution in [2.45, 2.75) is 20.8 Å². The lowest BCUT2D eigenvalue weighted by Crippen LogP contribution is -2.31. The van der Waals surface area contributed by atoms with E-state index in [1.54, 1.807) is 32.9 Å². The van der Waals surface area contributed by atoms with E-state index < -0.39 is 11.4 Å². The van der Waals surface area contributed by atoms with E-state index in [1.807, 2.05) is 0 Å². The summed E-state index contributed by atoms with van der Waals surface area (Å²) in [5.74, 6) is -1.12. The summed E-state index contributed by atoms with van der Waals surface area (Å²) in [6.07, 6.45) is 0. The maximum atomic E-state index is 13.0. The molecule has 4 heteroatoms. The molecule has 0 aliphatic carbocycles.